The SMILES string of the molecule is CS(=O)(=O)N1c2ccccc2[C@H]2N[C@@H]1c1ccccc1N2S(C)(=O)=O. The maximum absolute atomic E-state index is 12.5. The van der Waals surface area contributed by atoms with Crippen molar-refractivity contribution in [1.29, 1.82) is 0 Å². The maximum atomic E-state index is 12.5. The number of nitrogens with one attached hydrogen (secondary N) is 1. The molecule has 1 N–H and O–H groups in total. The standard InChI is InChI=1S/C16H17N3O4S2/c1-24(20,21)18-13-9-5-3-7-11(13)16-17-15(18)12-8-4-6-10-14(12)19(16)25(2,22)23/h3-10,15-17H,1-2H3/t15-,16-/m0/s1. The van der Waals surface area contributed by atoms with Crippen molar-refractivity contribution in [3.63, 3.8) is 0 Å². The number of nitrogens with zero attached hydrogens (tertiary/aromatic N) is 2. The summed E-state index contributed by atoms with van der Waals surface area (Å²) >= 11 is 0. The van der Waals surface area contributed by atoms with Gasteiger partial charge in [-0.15, -0.1) is 0 Å². The van der Waals surface area contributed by atoms with Crippen LogP contribution in [-0.4, -0.2) is 29.3 Å². The molecule has 0 saturated heterocycles. The van der Waals surface area contributed by atoms with Crippen LogP contribution in [0.25, 0.3) is 0 Å². The number of hydrogen-bond acceptors (Lipinski definition) is 5. The molecule has 0 saturated carbocycles. The fourth-order valence-corrected chi connectivity index (χ4v) is 5.74. The lowest BCUT2D eigenvalue weighted by Crippen LogP contribution is -2.56. The van der Waals surface area contributed by atoms with Gasteiger partial charge >= 0.3 is 0 Å². The van der Waals surface area contributed by atoms with Gasteiger partial charge in [-0.1, -0.05) is 36.4 Å². The van der Waals surface area contributed by atoms with E-state index in [0.717, 1.165) is 12.5 Å². The highest BCUT2D eigenvalue weighted by Crippen LogP contribution is 2.49. The number of anilines is 2. The third-order valence-corrected chi connectivity index (χ3v) is 6.68. The van der Waals surface area contributed by atoms with E-state index in [1.165, 1.54) is 8.61 Å². The van der Waals surface area contributed by atoms with Crippen LogP contribution in [0.4, 0.5) is 11.4 Å². The maximum Gasteiger partial charge on any atom is 0.233 e. The normalized spacial score (nSPS) is 22.3. The summed E-state index contributed by atoms with van der Waals surface area (Å²) < 4.78 is 52.6. The van der Waals surface area contributed by atoms with Crippen LogP contribution in [0.5, 0.6) is 0 Å². The molecule has 9 heteroatoms. The second-order valence-corrected chi connectivity index (χ2v) is 9.93. The number of benzene rings is 2. The van der Waals surface area contributed by atoms with E-state index in [1.54, 1.807) is 48.5 Å². The summed E-state index contributed by atoms with van der Waals surface area (Å²) in [4.78, 5) is 0. The Bertz CT molecular complexity index is 981. The fraction of sp³-hybridized carbons (Fsp3) is 0.250. The number of hydrogen-bond donors (Lipinski definition) is 1. The van der Waals surface area contributed by atoms with Crippen LogP contribution in [0.1, 0.15) is 23.5 Å². The molecule has 2 aromatic rings. The second-order valence-electron chi connectivity index (χ2n) is 6.21. The van der Waals surface area contributed by atoms with Crippen LogP contribution < -0.4 is 13.9 Å². The number of para-hydroxylation sites is 2. The molecule has 0 aliphatic carbocycles. The van der Waals surface area contributed by atoms with Gasteiger partial charge in [0.1, 0.15) is 12.3 Å². The van der Waals surface area contributed by atoms with Gasteiger partial charge in [-0.3, -0.25) is 5.32 Å². The van der Waals surface area contributed by atoms with Crippen LogP contribution >= 0.6 is 0 Å². The van der Waals surface area contributed by atoms with Crippen LogP contribution in [0.2, 0.25) is 0 Å². The summed E-state index contributed by atoms with van der Waals surface area (Å²) in [6, 6.07) is 13.9. The first-order valence-electron chi connectivity index (χ1n) is 7.62. The second kappa shape index (κ2) is 5.20. The number of sulfonamides is 2. The summed E-state index contributed by atoms with van der Waals surface area (Å²) in [5, 5.41) is 3.17. The molecule has 2 atom stereocenters. The van der Waals surface area contributed by atoms with Gasteiger partial charge in [0.25, 0.3) is 0 Å². The Morgan fingerprint density at radius 1 is 0.720 bits per heavy atom. The van der Waals surface area contributed by atoms with E-state index in [0.29, 0.717) is 22.5 Å². The summed E-state index contributed by atoms with van der Waals surface area (Å²) in [6.07, 6.45) is 0.975. The minimum atomic E-state index is -3.58. The monoisotopic (exact) mass is 379 g/mol. The summed E-state index contributed by atoms with van der Waals surface area (Å²) in [5.41, 5.74) is 2.18. The quantitative estimate of drug-likeness (QED) is 0.855. The fourth-order valence-electron chi connectivity index (χ4n) is 3.57. The van der Waals surface area contributed by atoms with Gasteiger partial charge in [0.05, 0.1) is 23.9 Å². The van der Waals surface area contributed by atoms with Crippen LogP contribution in [-0.2, 0) is 20.0 Å². The lowest BCUT2D eigenvalue weighted by atomic mass is 9.98. The van der Waals surface area contributed by atoms with Crippen molar-refractivity contribution in [2.24, 2.45) is 0 Å². The zero-order valence-corrected chi connectivity index (χ0v) is 15.3. The zero-order chi connectivity index (χ0) is 18.0. The predicted octanol–water partition coefficient (Wildman–Crippen LogP) is 1.53. The first-order chi connectivity index (χ1) is 11.7. The highest BCUT2D eigenvalue weighted by atomic mass is 32.2. The van der Waals surface area contributed by atoms with Crippen molar-refractivity contribution < 1.29 is 16.8 Å². The molecular formula is C16H17N3O4S2. The van der Waals surface area contributed by atoms with E-state index in [9.17, 15) is 16.8 Å². The Kier molecular flexibility index (Phi) is 3.40. The van der Waals surface area contributed by atoms with Gasteiger partial charge in [0, 0.05) is 11.1 Å². The third kappa shape index (κ3) is 2.42. The van der Waals surface area contributed by atoms with Crippen LogP contribution in [0, 0.1) is 0 Å². The molecule has 132 valence electrons. The Morgan fingerprint density at radius 2 is 1.08 bits per heavy atom. The van der Waals surface area contributed by atoms with E-state index in [2.05, 4.69) is 5.32 Å². The molecule has 0 radical (unpaired) electrons. The highest BCUT2D eigenvalue weighted by molar-refractivity contribution is 7.92. The van der Waals surface area contributed by atoms with Crippen molar-refractivity contribution in [2.45, 2.75) is 12.3 Å². The zero-order valence-electron chi connectivity index (χ0n) is 13.6. The van der Waals surface area contributed by atoms with Gasteiger partial charge < -0.3 is 0 Å². The predicted molar refractivity (Wildman–Crippen MR) is 96.1 cm³/mol. The largest absolute Gasteiger partial charge is 0.268 e. The van der Waals surface area contributed by atoms with Gasteiger partial charge in [-0.2, -0.15) is 0 Å². The minimum absolute atomic E-state index is 0.488. The topological polar surface area (TPSA) is 86.8 Å². The van der Waals surface area contributed by atoms with Gasteiger partial charge in [0.15, 0.2) is 0 Å². The Balaban J connectivity index is 2.07. The third-order valence-electron chi connectivity index (χ3n) is 4.44. The van der Waals surface area contributed by atoms with E-state index >= 15 is 0 Å². The van der Waals surface area contributed by atoms with Crippen molar-refractivity contribution in [3.8, 4) is 0 Å². The lowest BCUT2D eigenvalue weighted by molar-refractivity contribution is 0.416. The molecule has 0 aromatic heterocycles. The number of rotatable bonds is 2. The molecule has 2 aromatic carbocycles. The molecule has 2 bridgehead atoms. The van der Waals surface area contributed by atoms with Crippen molar-refractivity contribution >= 4 is 31.4 Å². The molecule has 4 rings (SSSR count). The molecule has 7 nitrogen and oxygen atoms in total. The van der Waals surface area contributed by atoms with Gasteiger partial charge in [-0.25, -0.2) is 25.4 Å². The molecule has 0 amide bonds. The molecule has 2 aliphatic heterocycles. The Labute approximate surface area is 147 Å². The lowest BCUT2D eigenvalue weighted by Gasteiger charge is -2.49. The molecule has 0 spiro atoms. The summed E-state index contributed by atoms with van der Waals surface area (Å²) in [5.74, 6) is 0. The average molecular weight is 379 g/mol. The highest BCUT2D eigenvalue weighted by Gasteiger charge is 2.47. The van der Waals surface area contributed by atoms with E-state index in [4.69, 9.17) is 0 Å². The molecular weight excluding hydrogens is 362 g/mol. The van der Waals surface area contributed by atoms with E-state index in [-0.39, 0.29) is 0 Å². The molecule has 0 unspecified atom stereocenters. The van der Waals surface area contributed by atoms with Crippen molar-refractivity contribution in [1.82, 2.24) is 5.32 Å². The molecule has 0 fully saturated rings. The van der Waals surface area contributed by atoms with E-state index < -0.39 is 32.4 Å². The smallest absolute Gasteiger partial charge is 0.233 e. The van der Waals surface area contributed by atoms with Crippen molar-refractivity contribution in [2.75, 3.05) is 21.1 Å². The molecule has 2 aliphatic rings. The number of fused-ring (bicyclic) bond motifs is 6. The van der Waals surface area contributed by atoms with Gasteiger partial charge in [-0.05, 0) is 12.1 Å². The minimum Gasteiger partial charge on any atom is -0.268 e. The Morgan fingerprint density at radius 3 is 1.44 bits per heavy atom. The Hall–Kier alpha value is -2.10. The summed E-state index contributed by atoms with van der Waals surface area (Å²) in [6.45, 7) is 0. The molecule has 25 heavy (non-hydrogen) atoms. The average Bonchev–Trinajstić information content (AvgIpc) is 2.52. The first kappa shape index (κ1) is 16.4. The van der Waals surface area contributed by atoms with Crippen LogP contribution in [0.3, 0.4) is 0 Å². The van der Waals surface area contributed by atoms with E-state index in [1.807, 2.05) is 0 Å². The van der Waals surface area contributed by atoms with Crippen LogP contribution in [0.15, 0.2) is 48.5 Å². The first-order valence-corrected chi connectivity index (χ1v) is 11.3. The molecule has 2 heterocycles. The summed E-state index contributed by atoms with van der Waals surface area (Å²) in [7, 11) is -7.17. The van der Waals surface area contributed by atoms with Gasteiger partial charge in [0.2, 0.25) is 20.0 Å². The van der Waals surface area contributed by atoms with Crippen molar-refractivity contribution in [3.05, 3.63) is 59.7 Å².